The lowest BCUT2D eigenvalue weighted by atomic mass is 10.1. The predicted octanol–water partition coefficient (Wildman–Crippen LogP) is 2.56. The monoisotopic (exact) mass is 228 g/mol. The number of carbonyl (C=O) groups is 1. The number of H-pyrrole nitrogens is 1. The van der Waals surface area contributed by atoms with Gasteiger partial charge in [-0.1, -0.05) is 0 Å². The Morgan fingerprint density at radius 2 is 2.06 bits per heavy atom. The minimum atomic E-state index is -0.942. The van der Waals surface area contributed by atoms with Gasteiger partial charge in [-0.3, -0.25) is 4.98 Å². The van der Waals surface area contributed by atoms with Crippen LogP contribution in [0.1, 0.15) is 12.6 Å². The van der Waals surface area contributed by atoms with Gasteiger partial charge >= 0.3 is 5.97 Å². The molecular weight excluding hydrogens is 216 g/mol. The van der Waals surface area contributed by atoms with Gasteiger partial charge in [0.25, 0.3) is 0 Å². The van der Waals surface area contributed by atoms with Gasteiger partial charge in [-0.25, -0.2) is 4.79 Å². The molecule has 2 aromatic heterocycles. The van der Waals surface area contributed by atoms with Crippen molar-refractivity contribution in [3.05, 3.63) is 48.6 Å². The van der Waals surface area contributed by atoms with Crippen LogP contribution in [0.15, 0.2) is 42.9 Å². The second kappa shape index (κ2) is 4.65. The van der Waals surface area contributed by atoms with E-state index < -0.39 is 5.97 Å². The predicted molar refractivity (Wildman–Crippen MR) is 65.3 cm³/mol. The molecule has 0 saturated heterocycles. The Balaban J connectivity index is 2.31. The first-order valence-corrected chi connectivity index (χ1v) is 5.17. The quantitative estimate of drug-likeness (QED) is 0.793. The largest absolute Gasteiger partial charge is 0.478 e. The SMILES string of the molecule is C/C(=C\C(=O)O)c1cc(-c2ccncc2)c[nH]1. The van der Waals surface area contributed by atoms with Crippen LogP contribution in [0, 0.1) is 0 Å². The van der Waals surface area contributed by atoms with Crippen molar-refractivity contribution in [2.75, 3.05) is 0 Å². The molecule has 0 unspecified atom stereocenters. The minimum absolute atomic E-state index is 0.692. The van der Waals surface area contributed by atoms with Crippen molar-refractivity contribution in [2.24, 2.45) is 0 Å². The molecule has 0 atom stereocenters. The van der Waals surface area contributed by atoms with E-state index in [1.54, 1.807) is 19.3 Å². The zero-order valence-electron chi connectivity index (χ0n) is 9.34. The fourth-order valence-corrected chi connectivity index (χ4v) is 1.60. The average molecular weight is 228 g/mol. The molecule has 0 amide bonds. The maximum Gasteiger partial charge on any atom is 0.328 e. The number of hydrogen-bond acceptors (Lipinski definition) is 2. The van der Waals surface area contributed by atoms with Crippen molar-refractivity contribution in [2.45, 2.75) is 6.92 Å². The van der Waals surface area contributed by atoms with Gasteiger partial charge in [0.1, 0.15) is 0 Å². The molecule has 0 saturated carbocycles. The Morgan fingerprint density at radius 1 is 1.35 bits per heavy atom. The maximum atomic E-state index is 10.6. The first-order valence-electron chi connectivity index (χ1n) is 5.17. The summed E-state index contributed by atoms with van der Waals surface area (Å²) in [5.41, 5.74) is 3.56. The number of carboxylic acids is 1. The molecule has 17 heavy (non-hydrogen) atoms. The van der Waals surface area contributed by atoms with Crippen LogP contribution in [0.4, 0.5) is 0 Å². The van der Waals surface area contributed by atoms with Crippen molar-refractivity contribution in [1.82, 2.24) is 9.97 Å². The van der Waals surface area contributed by atoms with E-state index >= 15 is 0 Å². The molecule has 0 aromatic carbocycles. The van der Waals surface area contributed by atoms with E-state index in [9.17, 15) is 4.79 Å². The average Bonchev–Trinajstić information content (AvgIpc) is 2.78. The fourth-order valence-electron chi connectivity index (χ4n) is 1.60. The van der Waals surface area contributed by atoms with Crippen molar-refractivity contribution in [1.29, 1.82) is 0 Å². The van der Waals surface area contributed by atoms with Crippen LogP contribution in [0.3, 0.4) is 0 Å². The van der Waals surface area contributed by atoms with Crippen LogP contribution in [0.25, 0.3) is 16.7 Å². The van der Waals surface area contributed by atoms with Crippen molar-refractivity contribution < 1.29 is 9.90 Å². The van der Waals surface area contributed by atoms with Gasteiger partial charge in [-0.15, -0.1) is 0 Å². The van der Waals surface area contributed by atoms with E-state index in [0.717, 1.165) is 16.8 Å². The number of carboxylic acid groups (broad SMARTS) is 1. The third kappa shape index (κ3) is 2.60. The zero-order valence-corrected chi connectivity index (χ0v) is 9.34. The highest BCUT2D eigenvalue weighted by atomic mass is 16.4. The number of aliphatic carboxylic acids is 1. The molecule has 2 rings (SSSR count). The molecule has 0 radical (unpaired) electrons. The number of aromatic nitrogens is 2. The second-order valence-corrected chi connectivity index (χ2v) is 3.70. The summed E-state index contributed by atoms with van der Waals surface area (Å²) >= 11 is 0. The Bertz CT molecular complexity index is 556. The van der Waals surface area contributed by atoms with Gasteiger partial charge < -0.3 is 10.1 Å². The van der Waals surface area contributed by atoms with Gasteiger partial charge in [-0.05, 0) is 41.8 Å². The molecule has 0 aliphatic rings. The number of nitrogens with one attached hydrogen (secondary N) is 1. The van der Waals surface area contributed by atoms with E-state index in [2.05, 4.69) is 9.97 Å². The third-order valence-electron chi connectivity index (χ3n) is 2.46. The number of nitrogens with zero attached hydrogens (tertiary/aromatic N) is 1. The highest BCUT2D eigenvalue weighted by molar-refractivity contribution is 5.89. The Morgan fingerprint density at radius 3 is 2.71 bits per heavy atom. The second-order valence-electron chi connectivity index (χ2n) is 3.70. The fraction of sp³-hybridized carbons (Fsp3) is 0.0769. The molecule has 4 heteroatoms. The van der Waals surface area contributed by atoms with Gasteiger partial charge in [0.15, 0.2) is 0 Å². The van der Waals surface area contributed by atoms with Crippen molar-refractivity contribution in [3.8, 4) is 11.1 Å². The van der Waals surface area contributed by atoms with E-state index in [0.29, 0.717) is 5.57 Å². The van der Waals surface area contributed by atoms with Gasteiger partial charge in [0.05, 0.1) is 0 Å². The van der Waals surface area contributed by atoms with Crippen LogP contribution in [-0.4, -0.2) is 21.0 Å². The number of rotatable bonds is 3. The number of aromatic amines is 1. The molecule has 2 N–H and O–H groups in total. The molecule has 0 aliphatic carbocycles. The number of pyridine rings is 1. The molecular formula is C13H12N2O2. The van der Waals surface area contributed by atoms with Crippen LogP contribution in [0.2, 0.25) is 0 Å². The van der Waals surface area contributed by atoms with Crippen LogP contribution in [0.5, 0.6) is 0 Å². The number of allylic oxidation sites excluding steroid dienone is 1. The summed E-state index contributed by atoms with van der Waals surface area (Å²) in [6.45, 7) is 1.76. The van der Waals surface area contributed by atoms with Gasteiger partial charge in [-0.2, -0.15) is 0 Å². The Labute approximate surface area is 98.6 Å². The highest BCUT2D eigenvalue weighted by Gasteiger charge is 2.04. The minimum Gasteiger partial charge on any atom is -0.478 e. The van der Waals surface area contributed by atoms with Crippen LogP contribution < -0.4 is 0 Å². The molecule has 4 nitrogen and oxygen atoms in total. The van der Waals surface area contributed by atoms with Crippen molar-refractivity contribution >= 4 is 11.5 Å². The summed E-state index contributed by atoms with van der Waals surface area (Å²) in [5.74, 6) is -0.942. The summed E-state index contributed by atoms with van der Waals surface area (Å²) in [6, 6.07) is 5.73. The zero-order chi connectivity index (χ0) is 12.3. The maximum absolute atomic E-state index is 10.6. The molecule has 0 fully saturated rings. The molecule has 86 valence electrons. The number of hydrogen-bond donors (Lipinski definition) is 2. The topological polar surface area (TPSA) is 66.0 Å². The lowest BCUT2D eigenvalue weighted by Gasteiger charge is -1.95. The summed E-state index contributed by atoms with van der Waals surface area (Å²) in [5, 5.41) is 8.67. The van der Waals surface area contributed by atoms with Gasteiger partial charge in [0.2, 0.25) is 0 Å². The smallest absolute Gasteiger partial charge is 0.328 e. The Hall–Kier alpha value is -2.36. The van der Waals surface area contributed by atoms with Crippen LogP contribution >= 0.6 is 0 Å². The summed E-state index contributed by atoms with van der Waals surface area (Å²) in [4.78, 5) is 17.6. The summed E-state index contributed by atoms with van der Waals surface area (Å²) < 4.78 is 0. The molecule has 0 bridgehead atoms. The third-order valence-corrected chi connectivity index (χ3v) is 2.46. The van der Waals surface area contributed by atoms with E-state index in [1.165, 1.54) is 6.08 Å². The van der Waals surface area contributed by atoms with Crippen LogP contribution in [-0.2, 0) is 4.79 Å². The molecule has 0 aliphatic heterocycles. The summed E-state index contributed by atoms with van der Waals surface area (Å²) in [6.07, 6.45) is 6.48. The van der Waals surface area contributed by atoms with E-state index in [4.69, 9.17) is 5.11 Å². The molecule has 0 spiro atoms. The standard InChI is InChI=1S/C13H12N2O2/c1-9(6-13(16)17)12-7-11(8-15-12)10-2-4-14-5-3-10/h2-8,15H,1H3,(H,16,17)/b9-6+. The highest BCUT2D eigenvalue weighted by Crippen LogP contribution is 2.22. The normalized spacial score (nSPS) is 11.5. The lowest BCUT2D eigenvalue weighted by Crippen LogP contribution is -1.89. The first-order chi connectivity index (χ1) is 8.16. The van der Waals surface area contributed by atoms with Gasteiger partial charge in [0, 0.05) is 30.4 Å². The van der Waals surface area contributed by atoms with Crippen molar-refractivity contribution in [3.63, 3.8) is 0 Å². The van der Waals surface area contributed by atoms with E-state index in [-0.39, 0.29) is 0 Å². The lowest BCUT2D eigenvalue weighted by molar-refractivity contribution is -0.131. The first kappa shape index (κ1) is 11.1. The molecule has 2 heterocycles. The summed E-state index contributed by atoms with van der Waals surface area (Å²) in [7, 11) is 0. The molecule has 2 aromatic rings. The van der Waals surface area contributed by atoms with E-state index in [1.807, 2.05) is 24.4 Å². The Kier molecular flexibility index (Phi) is 3.05.